The summed E-state index contributed by atoms with van der Waals surface area (Å²) in [6, 6.07) is 15.2. The Kier molecular flexibility index (Phi) is 8.77. The van der Waals surface area contributed by atoms with Crippen LogP contribution in [0.15, 0.2) is 60.8 Å². The lowest BCUT2D eigenvalue weighted by molar-refractivity contribution is -0.128. The van der Waals surface area contributed by atoms with E-state index in [1.165, 1.54) is 0 Å². The van der Waals surface area contributed by atoms with Crippen molar-refractivity contribution in [2.75, 3.05) is 12.0 Å². The van der Waals surface area contributed by atoms with Crippen LogP contribution in [0.4, 0.5) is 4.79 Å². The van der Waals surface area contributed by atoms with Crippen molar-refractivity contribution in [1.29, 1.82) is 0 Å². The molecule has 0 saturated heterocycles. The molecule has 1 heterocycles. The molecule has 0 spiro atoms. The van der Waals surface area contributed by atoms with Crippen LogP contribution in [-0.4, -0.2) is 47.0 Å². The summed E-state index contributed by atoms with van der Waals surface area (Å²) in [5, 5.41) is 6.27. The summed E-state index contributed by atoms with van der Waals surface area (Å²) >= 11 is 1.55. The number of amides is 3. The van der Waals surface area contributed by atoms with Gasteiger partial charge in [-0.2, -0.15) is 11.8 Å². The third-order valence-electron chi connectivity index (χ3n) is 5.19. The molecule has 0 aliphatic carbocycles. The van der Waals surface area contributed by atoms with Gasteiger partial charge < -0.3 is 26.1 Å². The molecule has 0 aliphatic rings. The molecular formula is C24H28N4O4S. The van der Waals surface area contributed by atoms with Crippen molar-refractivity contribution in [3.63, 3.8) is 0 Å². The number of benzene rings is 2. The van der Waals surface area contributed by atoms with Gasteiger partial charge in [0.2, 0.25) is 11.8 Å². The zero-order valence-corrected chi connectivity index (χ0v) is 19.2. The van der Waals surface area contributed by atoms with Crippen molar-refractivity contribution >= 4 is 40.6 Å². The minimum absolute atomic E-state index is 0.0913. The van der Waals surface area contributed by atoms with Crippen molar-refractivity contribution in [1.82, 2.24) is 15.6 Å². The summed E-state index contributed by atoms with van der Waals surface area (Å²) in [7, 11) is 0. The molecule has 174 valence electrons. The molecular weight excluding hydrogens is 440 g/mol. The molecule has 0 aliphatic heterocycles. The Labute approximate surface area is 196 Å². The van der Waals surface area contributed by atoms with Gasteiger partial charge in [-0.3, -0.25) is 9.59 Å². The first-order valence-corrected chi connectivity index (χ1v) is 12.0. The molecule has 9 heteroatoms. The molecule has 5 N–H and O–H groups in total. The highest BCUT2D eigenvalue weighted by Crippen LogP contribution is 2.19. The molecule has 0 fully saturated rings. The SMILES string of the molecule is CSCC[C@H](NC(=O)OCc1ccccc1)C(=O)N[C@@H](Cc1c[nH]c2ccccc12)C(N)=O. The fourth-order valence-corrected chi connectivity index (χ4v) is 3.90. The maximum absolute atomic E-state index is 13.0. The standard InChI is InChI=1S/C24H28N4O4S/c1-33-12-11-20(28-24(31)32-15-16-7-3-2-4-8-16)23(30)27-21(22(25)29)13-17-14-26-19-10-6-5-9-18(17)19/h2-10,14,20-21,26H,11-13,15H2,1H3,(H2,25,29)(H,27,30)(H,28,31)/t20-,21-/m0/s1. The number of thioether (sulfide) groups is 1. The first kappa shape index (κ1) is 24.2. The zero-order valence-electron chi connectivity index (χ0n) is 18.4. The van der Waals surface area contributed by atoms with E-state index >= 15 is 0 Å². The quantitative estimate of drug-likeness (QED) is 0.344. The lowest BCUT2D eigenvalue weighted by atomic mass is 10.0. The van der Waals surface area contributed by atoms with Crippen LogP contribution in [0, 0.1) is 0 Å². The smallest absolute Gasteiger partial charge is 0.408 e. The number of aromatic nitrogens is 1. The highest BCUT2D eigenvalue weighted by molar-refractivity contribution is 7.98. The predicted octanol–water partition coefficient (Wildman–Crippen LogP) is 2.73. The van der Waals surface area contributed by atoms with Crippen LogP contribution in [0.25, 0.3) is 10.9 Å². The van der Waals surface area contributed by atoms with E-state index in [-0.39, 0.29) is 13.0 Å². The van der Waals surface area contributed by atoms with Gasteiger partial charge in [-0.05, 0) is 35.6 Å². The molecule has 0 radical (unpaired) electrons. The number of alkyl carbamates (subject to hydrolysis) is 1. The monoisotopic (exact) mass is 468 g/mol. The van der Waals surface area contributed by atoms with E-state index in [0.29, 0.717) is 12.2 Å². The van der Waals surface area contributed by atoms with Gasteiger partial charge in [-0.15, -0.1) is 0 Å². The molecule has 8 nitrogen and oxygen atoms in total. The lowest BCUT2D eigenvalue weighted by Gasteiger charge is -2.21. The molecule has 1 aromatic heterocycles. The number of ether oxygens (including phenoxy) is 1. The molecule has 2 atom stereocenters. The third kappa shape index (κ3) is 7.01. The zero-order chi connectivity index (χ0) is 23.6. The van der Waals surface area contributed by atoms with E-state index in [0.717, 1.165) is 22.0 Å². The molecule has 3 rings (SSSR count). The number of para-hydroxylation sites is 1. The van der Waals surface area contributed by atoms with Crippen LogP contribution in [0.1, 0.15) is 17.5 Å². The van der Waals surface area contributed by atoms with Crippen LogP contribution in [-0.2, 0) is 27.4 Å². The Morgan fingerprint density at radius 3 is 2.48 bits per heavy atom. The Morgan fingerprint density at radius 1 is 1.03 bits per heavy atom. The van der Waals surface area contributed by atoms with Gasteiger partial charge in [-0.1, -0.05) is 48.5 Å². The minimum Gasteiger partial charge on any atom is -0.445 e. The topological polar surface area (TPSA) is 126 Å². The van der Waals surface area contributed by atoms with E-state index in [2.05, 4.69) is 15.6 Å². The normalized spacial score (nSPS) is 12.6. The van der Waals surface area contributed by atoms with Gasteiger partial charge in [0, 0.05) is 23.5 Å². The molecule has 0 unspecified atom stereocenters. The summed E-state index contributed by atoms with van der Waals surface area (Å²) in [5.74, 6) is -0.492. The maximum Gasteiger partial charge on any atom is 0.408 e. The highest BCUT2D eigenvalue weighted by atomic mass is 32.2. The fraction of sp³-hybridized carbons (Fsp3) is 0.292. The van der Waals surface area contributed by atoms with Crippen LogP contribution in [0.3, 0.4) is 0 Å². The number of nitrogens with one attached hydrogen (secondary N) is 3. The largest absolute Gasteiger partial charge is 0.445 e. The molecule has 3 aromatic rings. The van der Waals surface area contributed by atoms with E-state index in [1.54, 1.807) is 18.0 Å². The van der Waals surface area contributed by atoms with Crippen molar-refractivity contribution in [2.24, 2.45) is 5.73 Å². The van der Waals surface area contributed by atoms with Crippen LogP contribution >= 0.6 is 11.8 Å². The van der Waals surface area contributed by atoms with Crippen LogP contribution in [0.2, 0.25) is 0 Å². The van der Waals surface area contributed by atoms with Gasteiger partial charge in [-0.25, -0.2) is 4.79 Å². The number of carbonyl (C=O) groups excluding carboxylic acids is 3. The fourth-order valence-electron chi connectivity index (χ4n) is 3.43. The Hall–Kier alpha value is -3.46. The number of primary amides is 1. The van der Waals surface area contributed by atoms with Crippen molar-refractivity contribution in [2.45, 2.75) is 31.5 Å². The van der Waals surface area contributed by atoms with E-state index < -0.39 is 30.0 Å². The van der Waals surface area contributed by atoms with Gasteiger partial charge in [0.1, 0.15) is 18.7 Å². The van der Waals surface area contributed by atoms with Gasteiger partial charge in [0.15, 0.2) is 0 Å². The summed E-state index contributed by atoms with van der Waals surface area (Å²) in [6.07, 6.45) is 3.63. The van der Waals surface area contributed by atoms with E-state index in [9.17, 15) is 14.4 Å². The first-order valence-electron chi connectivity index (χ1n) is 10.6. The van der Waals surface area contributed by atoms with Crippen molar-refractivity contribution < 1.29 is 19.1 Å². The second kappa shape index (κ2) is 12.0. The average Bonchev–Trinajstić information content (AvgIpc) is 3.23. The number of nitrogens with two attached hydrogens (primary N) is 1. The van der Waals surface area contributed by atoms with E-state index in [4.69, 9.17) is 10.5 Å². The molecule has 2 aromatic carbocycles. The summed E-state index contributed by atoms with van der Waals surface area (Å²) in [5.41, 5.74) is 8.22. The third-order valence-corrected chi connectivity index (χ3v) is 5.83. The van der Waals surface area contributed by atoms with Gasteiger partial charge in [0.05, 0.1) is 0 Å². The predicted molar refractivity (Wildman–Crippen MR) is 130 cm³/mol. The average molecular weight is 469 g/mol. The van der Waals surface area contributed by atoms with Gasteiger partial charge in [0.25, 0.3) is 0 Å². The lowest BCUT2D eigenvalue weighted by Crippen LogP contribution is -2.53. The highest BCUT2D eigenvalue weighted by Gasteiger charge is 2.26. The van der Waals surface area contributed by atoms with E-state index in [1.807, 2.05) is 60.9 Å². The second-order valence-electron chi connectivity index (χ2n) is 7.57. The molecule has 33 heavy (non-hydrogen) atoms. The number of fused-ring (bicyclic) bond motifs is 1. The number of rotatable bonds is 11. The number of aromatic amines is 1. The summed E-state index contributed by atoms with van der Waals surface area (Å²) < 4.78 is 5.24. The number of hydrogen-bond acceptors (Lipinski definition) is 5. The summed E-state index contributed by atoms with van der Waals surface area (Å²) in [6.45, 7) is 0.0913. The Morgan fingerprint density at radius 2 is 1.76 bits per heavy atom. The minimum atomic E-state index is -0.921. The number of hydrogen-bond donors (Lipinski definition) is 4. The number of carbonyl (C=O) groups is 3. The first-order chi connectivity index (χ1) is 16.0. The number of H-pyrrole nitrogens is 1. The summed E-state index contributed by atoms with van der Waals surface area (Å²) in [4.78, 5) is 40.5. The molecule has 0 saturated carbocycles. The maximum atomic E-state index is 13.0. The Balaban J connectivity index is 1.63. The van der Waals surface area contributed by atoms with Crippen molar-refractivity contribution in [3.8, 4) is 0 Å². The van der Waals surface area contributed by atoms with Crippen LogP contribution < -0.4 is 16.4 Å². The van der Waals surface area contributed by atoms with Crippen molar-refractivity contribution in [3.05, 3.63) is 71.9 Å². The van der Waals surface area contributed by atoms with Gasteiger partial charge >= 0.3 is 6.09 Å². The van der Waals surface area contributed by atoms with Crippen LogP contribution in [0.5, 0.6) is 0 Å². The molecule has 3 amide bonds. The Bertz CT molecular complexity index is 1090. The molecule has 0 bridgehead atoms. The second-order valence-corrected chi connectivity index (χ2v) is 8.55.